The van der Waals surface area contributed by atoms with Gasteiger partial charge >= 0.3 is 0 Å². The van der Waals surface area contributed by atoms with Gasteiger partial charge in [0, 0.05) is 25.8 Å². The van der Waals surface area contributed by atoms with Gasteiger partial charge in [0.15, 0.2) is 0 Å². The maximum absolute atomic E-state index is 5.55. The van der Waals surface area contributed by atoms with Gasteiger partial charge in [-0.2, -0.15) is 0 Å². The van der Waals surface area contributed by atoms with Crippen LogP contribution in [0.4, 0.5) is 0 Å². The van der Waals surface area contributed by atoms with E-state index >= 15 is 0 Å². The Labute approximate surface area is 92.3 Å². The van der Waals surface area contributed by atoms with E-state index in [1.54, 1.807) is 0 Å². The lowest BCUT2D eigenvalue weighted by molar-refractivity contribution is 0.288. The average Bonchev–Trinajstić information content (AvgIpc) is 2.16. The van der Waals surface area contributed by atoms with Gasteiger partial charge in [0.1, 0.15) is 0 Å². The molecule has 0 aliphatic rings. The molecule has 0 saturated heterocycles. The van der Waals surface area contributed by atoms with Gasteiger partial charge in [-0.25, -0.2) is 0 Å². The number of pyridine rings is 1. The fourth-order valence-electron chi connectivity index (χ4n) is 1.74. The normalized spacial score (nSPS) is 11.3. The molecule has 3 heteroatoms. The summed E-state index contributed by atoms with van der Waals surface area (Å²) in [5, 5.41) is 0. The van der Waals surface area contributed by atoms with Gasteiger partial charge in [0.05, 0.1) is 5.69 Å². The second-order valence-electron chi connectivity index (χ2n) is 4.45. The molecule has 84 valence electrons. The van der Waals surface area contributed by atoms with Crippen LogP contribution in [0.1, 0.15) is 25.1 Å². The first-order chi connectivity index (χ1) is 7.11. The predicted octanol–water partition coefficient (Wildman–Crippen LogP) is 1.63. The highest BCUT2D eigenvalue weighted by atomic mass is 15.1. The van der Waals surface area contributed by atoms with Crippen LogP contribution in [0.2, 0.25) is 0 Å². The van der Waals surface area contributed by atoms with E-state index in [1.807, 2.05) is 6.20 Å². The van der Waals surface area contributed by atoms with Gasteiger partial charge in [0.2, 0.25) is 0 Å². The highest BCUT2D eigenvalue weighted by Crippen LogP contribution is 2.06. The molecule has 0 fully saturated rings. The monoisotopic (exact) mass is 207 g/mol. The molecule has 0 aliphatic heterocycles. The lowest BCUT2D eigenvalue weighted by Crippen LogP contribution is -2.22. The average molecular weight is 207 g/mol. The van der Waals surface area contributed by atoms with Gasteiger partial charge in [-0.3, -0.25) is 4.98 Å². The van der Waals surface area contributed by atoms with Crippen LogP contribution in [0.3, 0.4) is 0 Å². The van der Waals surface area contributed by atoms with E-state index < -0.39 is 0 Å². The fourth-order valence-corrected chi connectivity index (χ4v) is 1.74. The van der Waals surface area contributed by atoms with Gasteiger partial charge in [-0.05, 0) is 30.7 Å². The number of hydrogen-bond acceptors (Lipinski definition) is 3. The standard InChI is InChI=1S/C12H21N3/c1-10(2)8-15(3)9-11-4-5-14-12(6-11)7-13/h4-6,10H,7-9,13H2,1-3H3. The van der Waals surface area contributed by atoms with Crippen LogP contribution in [0.15, 0.2) is 18.3 Å². The summed E-state index contributed by atoms with van der Waals surface area (Å²) >= 11 is 0. The van der Waals surface area contributed by atoms with Crippen molar-refractivity contribution in [1.82, 2.24) is 9.88 Å². The van der Waals surface area contributed by atoms with Crippen LogP contribution in [0, 0.1) is 5.92 Å². The number of nitrogens with two attached hydrogens (primary N) is 1. The van der Waals surface area contributed by atoms with E-state index in [4.69, 9.17) is 5.73 Å². The second-order valence-corrected chi connectivity index (χ2v) is 4.45. The van der Waals surface area contributed by atoms with E-state index in [2.05, 4.69) is 42.9 Å². The third kappa shape index (κ3) is 4.40. The third-order valence-electron chi connectivity index (χ3n) is 2.22. The number of aromatic nitrogens is 1. The first-order valence-corrected chi connectivity index (χ1v) is 5.44. The van der Waals surface area contributed by atoms with Crippen molar-refractivity contribution >= 4 is 0 Å². The summed E-state index contributed by atoms with van der Waals surface area (Å²) in [6.45, 7) is 7.05. The molecule has 1 aromatic rings. The summed E-state index contributed by atoms with van der Waals surface area (Å²) in [4.78, 5) is 6.50. The molecule has 0 bridgehead atoms. The fraction of sp³-hybridized carbons (Fsp3) is 0.583. The van der Waals surface area contributed by atoms with E-state index in [0.29, 0.717) is 12.5 Å². The van der Waals surface area contributed by atoms with Gasteiger partial charge in [-0.15, -0.1) is 0 Å². The van der Waals surface area contributed by atoms with Gasteiger partial charge in [0.25, 0.3) is 0 Å². The second kappa shape index (κ2) is 5.83. The highest BCUT2D eigenvalue weighted by molar-refractivity contribution is 5.16. The quantitative estimate of drug-likeness (QED) is 0.798. The minimum Gasteiger partial charge on any atom is -0.325 e. The largest absolute Gasteiger partial charge is 0.325 e. The molecular formula is C12H21N3. The van der Waals surface area contributed by atoms with E-state index in [9.17, 15) is 0 Å². The zero-order chi connectivity index (χ0) is 11.3. The minimum absolute atomic E-state index is 0.516. The predicted molar refractivity (Wildman–Crippen MR) is 63.3 cm³/mol. The lowest BCUT2D eigenvalue weighted by atomic mass is 10.2. The van der Waals surface area contributed by atoms with Crippen molar-refractivity contribution in [2.45, 2.75) is 26.9 Å². The summed E-state index contributed by atoms with van der Waals surface area (Å²) in [5.41, 5.74) is 7.80. The van der Waals surface area contributed by atoms with Crippen molar-refractivity contribution in [2.24, 2.45) is 11.7 Å². The van der Waals surface area contributed by atoms with Crippen molar-refractivity contribution < 1.29 is 0 Å². The Morgan fingerprint density at radius 2 is 2.20 bits per heavy atom. The Morgan fingerprint density at radius 1 is 1.47 bits per heavy atom. The maximum Gasteiger partial charge on any atom is 0.0542 e. The zero-order valence-corrected chi connectivity index (χ0v) is 9.90. The molecule has 0 spiro atoms. The summed E-state index contributed by atoms with van der Waals surface area (Å²) in [6, 6.07) is 4.13. The summed E-state index contributed by atoms with van der Waals surface area (Å²) in [7, 11) is 2.14. The first kappa shape index (κ1) is 12.1. The number of rotatable bonds is 5. The molecule has 2 N–H and O–H groups in total. The molecule has 0 unspecified atom stereocenters. The van der Waals surface area contributed by atoms with Crippen LogP contribution < -0.4 is 5.73 Å². The molecule has 0 aromatic carbocycles. The third-order valence-corrected chi connectivity index (χ3v) is 2.22. The lowest BCUT2D eigenvalue weighted by Gasteiger charge is -2.19. The smallest absolute Gasteiger partial charge is 0.0542 e. The SMILES string of the molecule is CC(C)CN(C)Cc1ccnc(CN)c1. The molecule has 0 atom stereocenters. The first-order valence-electron chi connectivity index (χ1n) is 5.44. The summed E-state index contributed by atoms with van der Waals surface area (Å²) < 4.78 is 0. The van der Waals surface area contributed by atoms with Crippen molar-refractivity contribution in [3.63, 3.8) is 0 Å². The Balaban J connectivity index is 2.55. The molecule has 1 aromatic heterocycles. The van der Waals surface area contributed by atoms with E-state index in [1.165, 1.54) is 5.56 Å². The molecule has 0 saturated carbocycles. The molecule has 1 heterocycles. The number of hydrogen-bond donors (Lipinski definition) is 1. The van der Waals surface area contributed by atoms with Crippen LogP contribution in [-0.2, 0) is 13.1 Å². The molecule has 15 heavy (non-hydrogen) atoms. The van der Waals surface area contributed by atoms with E-state index in [-0.39, 0.29) is 0 Å². The molecule has 0 amide bonds. The van der Waals surface area contributed by atoms with Crippen molar-refractivity contribution in [2.75, 3.05) is 13.6 Å². The van der Waals surface area contributed by atoms with E-state index in [0.717, 1.165) is 18.8 Å². The zero-order valence-electron chi connectivity index (χ0n) is 9.90. The van der Waals surface area contributed by atoms with Gasteiger partial charge < -0.3 is 10.6 Å². The van der Waals surface area contributed by atoms with Crippen molar-refractivity contribution in [1.29, 1.82) is 0 Å². The molecule has 3 nitrogen and oxygen atoms in total. The summed E-state index contributed by atoms with van der Waals surface area (Å²) in [6.07, 6.45) is 1.83. The molecule has 1 rings (SSSR count). The summed E-state index contributed by atoms with van der Waals surface area (Å²) in [5.74, 6) is 0.700. The minimum atomic E-state index is 0.516. The maximum atomic E-state index is 5.55. The Hall–Kier alpha value is -0.930. The van der Waals surface area contributed by atoms with Gasteiger partial charge in [-0.1, -0.05) is 13.8 Å². The van der Waals surface area contributed by atoms with Crippen molar-refractivity contribution in [3.8, 4) is 0 Å². The van der Waals surface area contributed by atoms with Crippen LogP contribution in [0.25, 0.3) is 0 Å². The van der Waals surface area contributed by atoms with Crippen LogP contribution in [0.5, 0.6) is 0 Å². The van der Waals surface area contributed by atoms with Crippen LogP contribution in [-0.4, -0.2) is 23.5 Å². The topological polar surface area (TPSA) is 42.2 Å². The highest BCUT2D eigenvalue weighted by Gasteiger charge is 2.03. The van der Waals surface area contributed by atoms with Crippen molar-refractivity contribution in [3.05, 3.63) is 29.6 Å². The molecular weight excluding hydrogens is 186 g/mol. The van der Waals surface area contributed by atoms with Crippen LogP contribution >= 0.6 is 0 Å². The molecule has 0 radical (unpaired) electrons. The Morgan fingerprint density at radius 3 is 2.80 bits per heavy atom. The number of nitrogens with zero attached hydrogens (tertiary/aromatic N) is 2. The Bertz CT molecular complexity index is 297. The Kier molecular flexibility index (Phi) is 4.72. The molecule has 0 aliphatic carbocycles.